The van der Waals surface area contributed by atoms with Crippen LogP contribution in [0.3, 0.4) is 0 Å². The first kappa shape index (κ1) is 17.1. The molecular formula is C15H26N2O2S. The van der Waals surface area contributed by atoms with Gasteiger partial charge in [-0.1, -0.05) is 26.3 Å². The maximum absolute atomic E-state index is 12.3. The Labute approximate surface area is 123 Å². The summed E-state index contributed by atoms with van der Waals surface area (Å²) in [5.41, 5.74) is 2.95. The van der Waals surface area contributed by atoms with Gasteiger partial charge in [-0.2, -0.15) is 0 Å². The summed E-state index contributed by atoms with van der Waals surface area (Å²) in [7, 11) is -3.41. The first-order chi connectivity index (χ1) is 9.42. The van der Waals surface area contributed by atoms with E-state index >= 15 is 0 Å². The minimum Gasteiger partial charge on any atom is -0.313 e. The molecule has 20 heavy (non-hydrogen) atoms. The molecule has 0 amide bonds. The van der Waals surface area contributed by atoms with Crippen LogP contribution in [0.5, 0.6) is 0 Å². The van der Waals surface area contributed by atoms with Crippen LogP contribution in [0.1, 0.15) is 43.4 Å². The molecule has 5 heteroatoms. The summed E-state index contributed by atoms with van der Waals surface area (Å²) in [4.78, 5) is 0.395. The van der Waals surface area contributed by atoms with Crippen molar-refractivity contribution >= 4 is 10.0 Å². The lowest BCUT2D eigenvalue weighted by Crippen LogP contribution is -2.26. The summed E-state index contributed by atoms with van der Waals surface area (Å²) in [5.74, 6) is 0. The third-order valence-corrected chi connectivity index (χ3v) is 4.91. The van der Waals surface area contributed by atoms with Gasteiger partial charge in [-0.15, -0.1) is 0 Å². The Morgan fingerprint density at radius 3 is 2.40 bits per heavy atom. The minimum atomic E-state index is -3.41. The SMILES string of the molecule is CCCCNS(=O)(=O)c1cc(CNCC)c(C)cc1C. The second kappa shape index (κ2) is 7.76. The Kier molecular flexibility index (Phi) is 6.65. The van der Waals surface area contributed by atoms with Gasteiger partial charge in [0.25, 0.3) is 0 Å². The van der Waals surface area contributed by atoms with E-state index in [-0.39, 0.29) is 0 Å². The van der Waals surface area contributed by atoms with Gasteiger partial charge in [0.2, 0.25) is 10.0 Å². The van der Waals surface area contributed by atoms with E-state index < -0.39 is 10.0 Å². The summed E-state index contributed by atoms with van der Waals surface area (Å²) >= 11 is 0. The van der Waals surface area contributed by atoms with Crippen molar-refractivity contribution in [2.75, 3.05) is 13.1 Å². The molecule has 0 fully saturated rings. The van der Waals surface area contributed by atoms with Crippen molar-refractivity contribution in [1.29, 1.82) is 0 Å². The topological polar surface area (TPSA) is 58.2 Å². The van der Waals surface area contributed by atoms with Crippen LogP contribution in [0.4, 0.5) is 0 Å². The highest BCUT2D eigenvalue weighted by Gasteiger charge is 2.17. The summed E-state index contributed by atoms with van der Waals surface area (Å²) in [6.07, 6.45) is 1.83. The quantitative estimate of drug-likeness (QED) is 0.725. The van der Waals surface area contributed by atoms with E-state index in [1.165, 1.54) is 0 Å². The van der Waals surface area contributed by atoms with Gasteiger partial charge >= 0.3 is 0 Å². The number of hydrogen-bond acceptors (Lipinski definition) is 3. The van der Waals surface area contributed by atoms with Crippen molar-refractivity contribution in [3.05, 3.63) is 28.8 Å². The molecule has 0 saturated carbocycles. The van der Waals surface area contributed by atoms with Crippen molar-refractivity contribution < 1.29 is 8.42 Å². The number of unbranched alkanes of at least 4 members (excludes halogenated alkanes) is 1. The van der Waals surface area contributed by atoms with Crippen LogP contribution in [0.2, 0.25) is 0 Å². The van der Waals surface area contributed by atoms with Crippen molar-refractivity contribution in [1.82, 2.24) is 10.0 Å². The van der Waals surface area contributed by atoms with E-state index in [2.05, 4.69) is 10.0 Å². The third-order valence-electron chi connectivity index (χ3n) is 3.31. The lowest BCUT2D eigenvalue weighted by Gasteiger charge is -2.14. The molecule has 0 unspecified atom stereocenters. The summed E-state index contributed by atoms with van der Waals surface area (Å²) < 4.78 is 27.3. The number of hydrogen-bond donors (Lipinski definition) is 2. The molecule has 2 N–H and O–H groups in total. The van der Waals surface area contributed by atoms with Gasteiger partial charge in [0.05, 0.1) is 4.90 Å². The molecule has 0 bridgehead atoms. The normalized spacial score (nSPS) is 11.8. The molecule has 0 radical (unpaired) electrons. The standard InChI is InChI=1S/C15H26N2O2S/c1-5-7-8-17-20(18,19)15-10-14(11-16-6-2)12(3)9-13(15)4/h9-10,16-17H,5-8,11H2,1-4H3. The Morgan fingerprint density at radius 2 is 1.80 bits per heavy atom. The number of aryl methyl sites for hydroxylation is 2. The predicted molar refractivity (Wildman–Crippen MR) is 83.4 cm³/mol. The van der Waals surface area contributed by atoms with E-state index in [1.54, 1.807) is 6.07 Å². The number of rotatable bonds is 8. The fraction of sp³-hybridized carbons (Fsp3) is 0.600. The zero-order valence-electron chi connectivity index (χ0n) is 12.9. The Balaban J connectivity index is 3.04. The monoisotopic (exact) mass is 298 g/mol. The lowest BCUT2D eigenvalue weighted by atomic mass is 10.1. The van der Waals surface area contributed by atoms with E-state index in [9.17, 15) is 8.42 Å². The lowest BCUT2D eigenvalue weighted by molar-refractivity contribution is 0.577. The average molecular weight is 298 g/mol. The Hall–Kier alpha value is -0.910. The highest BCUT2D eigenvalue weighted by Crippen LogP contribution is 2.20. The fourth-order valence-corrected chi connectivity index (χ4v) is 3.42. The largest absolute Gasteiger partial charge is 0.313 e. The molecule has 0 spiro atoms. The van der Waals surface area contributed by atoms with Gasteiger partial charge in [-0.25, -0.2) is 13.1 Å². The highest BCUT2D eigenvalue weighted by atomic mass is 32.2. The van der Waals surface area contributed by atoms with Gasteiger partial charge < -0.3 is 5.32 Å². The van der Waals surface area contributed by atoms with E-state index in [4.69, 9.17) is 0 Å². The van der Waals surface area contributed by atoms with E-state index in [0.29, 0.717) is 18.0 Å². The van der Waals surface area contributed by atoms with Gasteiger partial charge in [-0.3, -0.25) is 0 Å². The molecule has 0 heterocycles. The first-order valence-corrected chi connectivity index (χ1v) is 8.71. The maximum Gasteiger partial charge on any atom is 0.240 e. The van der Waals surface area contributed by atoms with Crippen LogP contribution in [0.15, 0.2) is 17.0 Å². The minimum absolute atomic E-state index is 0.395. The molecule has 0 aliphatic rings. The van der Waals surface area contributed by atoms with Crippen molar-refractivity contribution in [3.63, 3.8) is 0 Å². The van der Waals surface area contributed by atoms with E-state index in [0.717, 1.165) is 36.1 Å². The first-order valence-electron chi connectivity index (χ1n) is 7.22. The zero-order valence-corrected chi connectivity index (χ0v) is 13.7. The fourth-order valence-electron chi connectivity index (χ4n) is 2.08. The molecule has 1 rings (SSSR count). The van der Waals surface area contributed by atoms with Crippen molar-refractivity contribution in [2.45, 2.75) is 52.0 Å². The Bertz CT molecular complexity index is 539. The molecular weight excluding hydrogens is 272 g/mol. The molecule has 0 aliphatic carbocycles. The van der Waals surface area contributed by atoms with Crippen molar-refractivity contribution in [3.8, 4) is 0 Å². The van der Waals surface area contributed by atoms with Gasteiger partial charge in [0.1, 0.15) is 0 Å². The molecule has 0 aliphatic heterocycles. The average Bonchev–Trinajstić information content (AvgIpc) is 2.37. The highest BCUT2D eigenvalue weighted by molar-refractivity contribution is 7.89. The molecule has 4 nitrogen and oxygen atoms in total. The van der Waals surface area contributed by atoms with Crippen LogP contribution >= 0.6 is 0 Å². The number of sulfonamides is 1. The van der Waals surface area contributed by atoms with Crippen LogP contribution in [0, 0.1) is 13.8 Å². The van der Waals surface area contributed by atoms with Crippen LogP contribution < -0.4 is 10.0 Å². The predicted octanol–water partition coefficient (Wildman–Crippen LogP) is 2.49. The molecule has 0 saturated heterocycles. The second-order valence-electron chi connectivity index (χ2n) is 5.08. The van der Waals surface area contributed by atoms with Gasteiger partial charge in [0, 0.05) is 13.1 Å². The molecule has 0 atom stereocenters. The smallest absolute Gasteiger partial charge is 0.240 e. The Morgan fingerprint density at radius 1 is 1.10 bits per heavy atom. The van der Waals surface area contributed by atoms with Crippen LogP contribution in [-0.2, 0) is 16.6 Å². The number of benzene rings is 1. The maximum atomic E-state index is 12.3. The molecule has 1 aromatic rings. The third kappa shape index (κ3) is 4.58. The molecule has 1 aromatic carbocycles. The summed E-state index contributed by atoms with van der Waals surface area (Å²) in [6.45, 7) is 9.99. The van der Waals surface area contributed by atoms with Crippen molar-refractivity contribution in [2.24, 2.45) is 0 Å². The zero-order chi connectivity index (χ0) is 15.2. The van der Waals surface area contributed by atoms with E-state index in [1.807, 2.05) is 33.8 Å². The summed E-state index contributed by atoms with van der Waals surface area (Å²) in [5, 5.41) is 3.24. The van der Waals surface area contributed by atoms with Gasteiger partial charge in [-0.05, 0) is 49.6 Å². The van der Waals surface area contributed by atoms with Gasteiger partial charge in [0.15, 0.2) is 0 Å². The summed E-state index contributed by atoms with van der Waals surface area (Å²) in [6, 6.07) is 3.74. The van der Waals surface area contributed by atoms with Crippen LogP contribution in [0.25, 0.3) is 0 Å². The van der Waals surface area contributed by atoms with Crippen LogP contribution in [-0.4, -0.2) is 21.5 Å². The molecule has 114 valence electrons. The second-order valence-corrected chi connectivity index (χ2v) is 6.81. The number of nitrogens with one attached hydrogen (secondary N) is 2. The molecule has 0 aromatic heterocycles.